The van der Waals surface area contributed by atoms with E-state index >= 15 is 0 Å². The Bertz CT molecular complexity index is 931. The maximum Gasteiger partial charge on any atom is 0.176 e. The van der Waals surface area contributed by atoms with E-state index in [4.69, 9.17) is 28.6 Å². The third kappa shape index (κ3) is 4.55. The lowest BCUT2D eigenvalue weighted by Crippen LogP contribution is -2.20. The number of nitrogens with zero attached hydrogens (tertiary/aromatic N) is 2. The van der Waals surface area contributed by atoms with Gasteiger partial charge in [0.05, 0.1) is 23.8 Å². The molecule has 0 unspecified atom stereocenters. The standard InChI is InChI=1S/C18H16BrClN4OS/c1-25-16-9-5-4-8-15(16)21-18(26)22-17-13(19)11-24(23-17)10-12-6-2-3-7-14(12)20/h2-9,11H,10H2,1H3,(H2,21,22,23,26). The first-order chi connectivity index (χ1) is 12.6. The summed E-state index contributed by atoms with van der Waals surface area (Å²) in [7, 11) is 1.62. The highest BCUT2D eigenvalue weighted by molar-refractivity contribution is 9.10. The molecule has 0 aliphatic heterocycles. The highest BCUT2D eigenvalue weighted by Gasteiger charge is 2.11. The molecule has 1 heterocycles. The van der Waals surface area contributed by atoms with E-state index in [-0.39, 0.29) is 0 Å². The van der Waals surface area contributed by atoms with Crippen LogP contribution in [-0.2, 0) is 6.54 Å². The second kappa shape index (κ2) is 8.53. The van der Waals surface area contributed by atoms with E-state index < -0.39 is 0 Å². The van der Waals surface area contributed by atoms with E-state index in [0.717, 1.165) is 15.7 Å². The molecule has 8 heteroatoms. The summed E-state index contributed by atoms with van der Waals surface area (Å²) in [5.74, 6) is 1.32. The summed E-state index contributed by atoms with van der Waals surface area (Å²) in [5, 5.41) is 11.8. The van der Waals surface area contributed by atoms with Crippen LogP contribution in [0.1, 0.15) is 5.56 Å². The van der Waals surface area contributed by atoms with Gasteiger partial charge in [-0.3, -0.25) is 4.68 Å². The average molecular weight is 452 g/mol. The number of ether oxygens (including phenoxy) is 1. The molecule has 0 aliphatic carbocycles. The predicted molar refractivity (Wildman–Crippen MR) is 113 cm³/mol. The highest BCUT2D eigenvalue weighted by atomic mass is 79.9. The van der Waals surface area contributed by atoms with E-state index in [1.165, 1.54) is 0 Å². The predicted octanol–water partition coefficient (Wildman–Crippen LogP) is 5.16. The number of anilines is 2. The molecule has 0 saturated heterocycles. The second-order valence-electron chi connectivity index (χ2n) is 5.39. The van der Waals surface area contributed by atoms with E-state index in [1.807, 2.05) is 54.7 Å². The van der Waals surface area contributed by atoms with Crippen molar-refractivity contribution in [1.82, 2.24) is 9.78 Å². The zero-order valence-corrected chi connectivity index (χ0v) is 17.0. The van der Waals surface area contributed by atoms with Crippen molar-refractivity contribution in [3.8, 4) is 5.75 Å². The summed E-state index contributed by atoms with van der Waals surface area (Å²) in [6, 6.07) is 15.2. The van der Waals surface area contributed by atoms with Gasteiger partial charge in [0.1, 0.15) is 5.75 Å². The Balaban J connectivity index is 1.69. The van der Waals surface area contributed by atoms with Gasteiger partial charge in [0.2, 0.25) is 0 Å². The summed E-state index contributed by atoms with van der Waals surface area (Å²) in [4.78, 5) is 0. The van der Waals surface area contributed by atoms with E-state index in [1.54, 1.807) is 11.8 Å². The molecule has 0 fully saturated rings. The topological polar surface area (TPSA) is 51.1 Å². The van der Waals surface area contributed by atoms with Crippen molar-refractivity contribution in [2.45, 2.75) is 6.54 Å². The molecule has 0 atom stereocenters. The van der Waals surface area contributed by atoms with Crippen LogP contribution in [0.15, 0.2) is 59.2 Å². The minimum atomic E-state index is 0.415. The number of halogens is 2. The molecule has 3 rings (SSSR count). The third-order valence-corrected chi connectivity index (χ3v) is 4.75. The number of para-hydroxylation sites is 2. The Kier molecular flexibility index (Phi) is 6.13. The summed E-state index contributed by atoms with van der Waals surface area (Å²) in [5.41, 5.74) is 1.77. The van der Waals surface area contributed by atoms with Gasteiger partial charge in [-0.15, -0.1) is 0 Å². The number of thiocarbonyl (C=S) groups is 1. The summed E-state index contributed by atoms with van der Waals surface area (Å²) in [6.07, 6.45) is 1.87. The van der Waals surface area contributed by atoms with E-state index in [2.05, 4.69) is 31.7 Å². The number of benzene rings is 2. The van der Waals surface area contributed by atoms with E-state index in [0.29, 0.717) is 28.2 Å². The maximum absolute atomic E-state index is 6.21. The summed E-state index contributed by atoms with van der Waals surface area (Å²) >= 11 is 15.1. The molecule has 134 valence electrons. The normalized spacial score (nSPS) is 10.4. The van der Waals surface area contributed by atoms with Gasteiger partial charge in [0.25, 0.3) is 0 Å². The first kappa shape index (κ1) is 18.7. The van der Waals surface area contributed by atoms with Gasteiger partial charge in [0.15, 0.2) is 10.9 Å². The number of rotatable bonds is 5. The smallest absolute Gasteiger partial charge is 0.176 e. The van der Waals surface area contributed by atoms with Crippen molar-refractivity contribution in [2.75, 3.05) is 17.7 Å². The van der Waals surface area contributed by atoms with Crippen LogP contribution in [-0.4, -0.2) is 22.0 Å². The summed E-state index contributed by atoms with van der Waals surface area (Å²) < 4.78 is 7.90. The SMILES string of the molecule is COc1ccccc1NC(=S)Nc1nn(Cc2ccccc2Cl)cc1Br. The first-order valence-corrected chi connectivity index (χ1v) is 9.32. The van der Waals surface area contributed by atoms with Crippen LogP contribution in [0.25, 0.3) is 0 Å². The minimum Gasteiger partial charge on any atom is -0.495 e. The Morgan fingerprint density at radius 1 is 1.19 bits per heavy atom. The monoisotopic (exact) mass is 450 g/mol. The number of hydrogen-bond acceptors (Lipinski definition) is 3. The largest absolute Gasteiger partial charge is 0.495 e. The van der Waals surface area contributed by atoms with Crippen molar-refractivity contribution < 1.29 is 4.74 Å². The van der Waals surface area contributed by atoms with Gasteiger partial charge in [0, 0.05) is 11.2 Å². The lowest BCUT2D eigenvalue weighted by atomic mass is 10.2. The van der Waals surface area contributed by atoms with Gasteiger partial charge in [-0.05, 0) is 51.9 Å². The lowest BCUT2D eigenvalue weighted by molar-refractivity contribution is 0.417. The summed E-state index contributed by atoms with van der Waals surface area (Å²) in [6.45, 7) is 0.562. The van der Waals surface area contributed by atoms with Crippen molar-refractivity contribution >= 4 is 56.4 Å². The van der Waals surface area contributed by atoms with Crippen molar-refractivity contribution in [2.24, 2.45) is 0 Å². The molecular formula is C18H16BrClN4OS. The molecule has 1 aromatic heterocycles. The van der Waals surface area contributed by atoms with Crippen molar-refractivity contribution in [1.29, 1.82) is 0 Å². The fourth-order valence-corrected chi connectivity index (χ4v) is 3.19. The van der Waals surface area contributed by atoms with Gasteiger partial charge < -0.3 is 15.4 Å². The number of aromatic nitrogens is 2. The highest BCUT2D eigenvalue weighted by Crippen LogP contribution is 2.25. The zero-order valence-electron chi connectivity index (χ0n) is 13.9. The molecule has 0 spiro atoms. The molecule has 26 heavy (non-hydrogen) atoms. The van der Waals surface area contributed by atoms with Gasteiger partial charge in [-0.2, -0.15) is 5.10 Å². The number of nitrogens with one attached hydrogen (secondary N) is 2. The van der Waals surface area contributed by atoms with Crippen LogP contribution in [0.4, 0.5) is 11.5 Å². The number of hydrogen-bond donors (Lipinski definition) is 2. The van der Waals surface area contributed by atoms with Crippen LogP contribution in [0.5, 0.6) is 5.75 Å². The fourth-order valence-electron chi connectivity index (χ4n) is 2.37. The van der Waals surface area contributed by atoms with Gasteiger partial charge >= 0.3 is 0 Å². The van der Waals surface area contributed by atoms with Gasteiger partial charge in [-0.1, -0.05) is 41.9 Å². The Labute approximate surface area is 170 Å². The first-order valence-electron chi connectivity index (χ1n) is 7.74. The van der Waals surface area contributed by atoms with Crippen molar-refractivity contribution in [3.05, 3.63) is 69.8 Å². The van der Waals surface area contributed by atoms with Crippen LogP contribution in [0, 0.1) is 0 Å². The average Bonchev–Trinajstić information content (AvgIpc) is 2.96. The van der Waals surface area contributed by atoms with Crippen molar-refractivity contribution in [3.63, 3.8) is 0 Å². The lowest BCUT2D eigenvalue weighted by Gasteiger charge is -2.12. The fraction of sp³-hybridized carbons (Fsp3) is 0.111. The second-order valence-corrected chi connectivity index (χ2v) is 7.06. The molecule has 0 bridgehead atoms. The van der Waals surface area contributed by atoms with Crippen LogP contribution >= 0.6 is 39.7 Å². The van der Waals surface area contributed by atoms with Gasteiger partial charge in [-0.25, -0.2) is 0 Å². The molecule has 0 aliphatic rings. The van der Waals surface area contributed by atoms with E-state index in [9.17, 15) is 0 Å². The Morgan fingerprint density at radius 3 is 2.69 bits per heavy atom. The number of methoxy groups -OCH3 is 1. The molecule has 0 amide bonds. The molecular weight excluding hydrogens is 436 g/mol. The minimum absolute atomic E-state index is 0.415. The third-order valence-electron chi connectivity index (χ3n) is 3.59. The Morgan fingerprint density at radius 2 is 1.92 bits per heavy atom. The van der Waals surface area contributed by atoms with Crippen LogP contribution in [0.2, 0.25) is 5.02 Å². The van der Waals surface area contributed by atoms with Crippen LogP contribution in [0.3, 0.4) is 0 Å². The zero-order chi connectivity index (χ0) is 18.5. The Hall–Kier alpha value is -2.09. The molecule has 5 nitrogen and oxygen atoms in total. The maximum atomic E-state index is 6.21. The quantitative estimate of drug-likeness (QED) is 0.524. The molecule has 2 N–H and O–H groups in total. The molecule has 0 radical (unpaired) electrons. The molecule has 2 aromatic carbocycles. The molecule has 3 aromatic rings. The molecule has 0 saturated carbocycles. The van der Waals surface area contributed by atoms with Crippen LogP contribution < -0.4 is 15.4 Å².